The molecular weight excluding hydrogens is 272 g/mol. The van der Waals surface area contributed by atoms with Gasteiger partial charge in [0.2, 0.25) is 0 Å². The monoisotopic (exact) mass is 284 g/mol. The summed E-state index contributed by atoms with van der Waals surface area (Å²) >= 11 is 3.30. The lowest BCUT2D eigenvalue weighted by molar-refractivity contribution is -0.137. The molecule has 0 amide bonds. The van der Waals surface area contributed by atoms with Gasteiger partial charge in [-0.15, -0.1) is 0 Å². The molecule has 0 aliphatic heterocycles. The predicted octanol–water partition coefficient (Wildman–Crippen LogP) is 2.81. The van der Waals surface area contributed by atoms with Gasteiger partial charge in [-0.1, -0.05) is 15.9 Å². The van der Waals surface area contributed by atoms with Crippen molar-refractivity contribution in [3.63, 3.8) is 0 Å². The average Bonchev–Trinajstić information content (AvgIpc) is 2.22. The van der Waals surface area contributed by atoms with E-state index in [-0.39, 0.29) is 6.61 Å². The first-order valence-corrected chi connectivity index (χ1v) is 5.74. The summed E-state index contributed by atoms with van der Waals surface area (Å²) < 4.78 is 5.47. The molecule has 0 bridgehead atoms. The normalized spacial score (nSPS) is 10.0. The summed E-state index contributed by atoms with van der Waals surface area (Å²) in [4.78, 5) is 23.1. The molecule has 0 atom stereocenters. The third-order valence-corrected chi connectivity index (χ3v) is 2.80. The second kappa shape index (κ2) is 5.25. The summed E-state index contributed by atoms with van der Waals surface area (Å²) in [6.45, 7) is 5.58. The van der Waals surface area contributed by atoms with Gasteiger partial charge >= 0.3 is 5.97 Å². The molecule has 0 saturated heterocycles. The molecule has 0 saturated carbocycles. The first-order valence-electron chi connectivity index (χ1n) is 4.95. The number of hydrogen-bond acceptors (Lipinski definition) is 3. The maximum atomic E-state index is 11.8. The Morgan fingerprint density at radius 3 is 2.50 bits per heavy atom. The van der Waals surface area contributed by atoms with Crippen molar-refractivity contribution >= 4 is 27.7 Å². The van der Waals surface area contributed by atoms with E-state index in [1.807, 2.05) is 19.9 Å². The lowest BCUT2D eigenvalue weighted by Crippen LogP contribution is -2.18. The van der Waals surface area contributed by atoms with Crippen LogP contribution in [-0.4, -0.2) is 18.4 Å². The van der Waals surface area contributed by atoms with E-state index in [9.17, 15) is 9.59 Å². The number of rotatable bonds is 3. The van der Waals surface area contributed by atoms with Gasteiger partial charge in [-0.05, 0) is 44.0 Å². The lowest BCUT2D eigenvalue weighted by atomic mass is 10.0. The van der Waals surface area contributed by atoms with Gasteiger partial charge in [0, 0.05) is 10.0 Å². The summed E-state index contributed by atoms with van der Waals surface area (Å²) in [5.41, 5.74) is 2.16. The molecular formula is C12H13BrO3. The first-order chi connectivity index (χ1) is 7.47. The highest BCUT2D eigenvalue weighted by molar-refractivity contribution is 9.10. The maximum Gasteiger partial charge on any atom is 0.379 e. The molecule has 0 aliphatic rings. The van der Waals surface area contributed by atoms with Crippen molar-refractivity contribution in [3.8, 4) is 0 Å². The number of carbonyl (C=O) groups excluding carboxylic acids is 2. The second-order valence-corrected chi connectivity index (χ2v) is 4.36. The van der Waals surface area contributed by atoms with Gasteiger partial charge in [0.15, 0.2) is 0 Å². The van der Waals surface area contributed by atoms with Crippen LogP contribution in [0.2, 0.25) is 0 Å². The fraction of sp³-hybridized carbons (Fsp3) is 0.333. The number of ether oxygens (including phenoxy) is 1. The molecule has 86 valence electrons. The highest BCUT2D eigenvalue weighted by Gasteiger charge is 2.20. The number of aryl methyl sites for hydroxylation is 1. The van der Waals surface area contributed by atoms with E-state index in [4.69, 9.17) is 0 Å². The Kier molecular flexibility index (Phi) is 4.24. The van der Waals surface area contributed by atoms with Crippen molar-refractivity contribution in [2.45, 2.75) is 20.8 Å². The van der Waals surface area contributed by atoms with Crippen LogP contribution >= 0.6 is 15.9 Å². The van der Waals surface area contributed by atoms with Gasteiger partial charge < -0.3 is 4.74 Å². The molecule has 0 unspecified atom stereocenters. The van der Waals surface area contributed by atoms with Crippen LogP contribution in [-0.2, 0) is 9.53 Å². The summed E-state index contributed by atoms with van der Waals surface area (Å²) in [5, 5.41) is 0. The minimum absolute atomic E-state index is 0.205. The van der Waals surface area contributed by atoms with Crippen LogP contribution in [0, 0.1) is 13.8 Å². The molecule has 4 heteroatoms. The van der Waals surface area contributed by atoms with Crippen LogP contribution in [0.5, 0.6) is 0 Å². The Labute approximate surface area is 103 Å². The van der Waals surface area contributed by atoms with Crippen LogP contribution in [0.25, 0.3) is 0 Å². The Morgan fingerprint density at radius 1 is 1.31 bits per heavy atom. The largest absolute Gasteiger partial charge is 0.460 e. The Bertz CT molecular complexity index is 438. The van der Waals surface area contributed by atoms with Crippen molar-refractivity contribution in [2.75, 3.05) is 6.61 Å². The molecule has 1 rings (SSSR count). The topological polar surface area (TPSA) is 43.4 Å². The van der Waals surface area contributed by atoms with E-state index in [1.165, 1.54) is 0 Å². The lowest BCUT2D eigenvalue weighted by Gasteiger charge is -2.08. The van der Waals surface area contributed by atoms with Crippen molar-refractivity contribution in [1.82, 2.24) is 0 Å². The first kappa shape index (κ1) is 12.9. The van der Waals surface area contributed by atoms with Crippen molar-refractivity contribution in [1.29, 1.82) is 0 Å². The van der Waals surface area contributed by atoms with Gasteiger partial charge in [-0.25, -0.2) is 4.79 Å². The van der Waals surface area contributed by atoms with E-state index < -0.39 is 11.8 Å². The predicted molar refractivity (Wildman–Crippen MR) is 64.6 cm³/mol. The molecule has 0 aliphatic carbocycles. The van der Waals surface area contributed by atoms with E-state index in [0.29, 0.717) is 5.56 Å². The number of Topliss-reactive ketones (excluding diaryl/α,β-unsaturated/α-hetero) is 1. The number of halogens is 1. The van der Waals surface area contributed by atoms with Gasteiger partial charge in [0.1, 0.15) is 0 Å². The summed E-state index contributed by atoms with van der Waals surface area (Å²) in [7, 11) is 0. The molecule has 0 heterocycles. The van der Waals surface area contributed by atoms with E-state index >= 15 is 0 Å². The Hall–Kier alpha value is -1.16. The van der Waals surface area contributed by atoms with Gasteiger partial charge in [0.25, 0.3) is 5.78 Å². The zero-order chi connectivity index (χ0) is 12.3. The smallest absolute Gasteiger partial charge is 0.379 e. The zero-order valence-corrected chi connectivity index (χ0v) is 11.1. The highest BCUT2D eigenvalue weighted by atomic mass is 79.9. The number of hydrogen-bond donors (Lipinski definition) is 0. The Morgan fingerprint density at radius 2 is 1.94 bits per heavy atom. The van der Waals surface area contributed by atoms with Crippen LogP contribution in [0.4, 0.5) is 0 Å². The third kappa shape index (κ3) is 2.70. The van der Waals surface area contributed by atoms with E-state index in [0.717, 1.165) is 15.6 Å². The van der Waals surface area contributed by atoms with Crippen molar-refractivity contribution in [3.05, 3.63) is 33.3 Å². The van der Waals surface area contributed by atoms with E-state index in [1.54, 1.807) is 13.0 Å². The van der Waals surface area contributed by atoms with Gasteiger partial charge in [0.05, 0.1) is 6.61 Å². The standard InChI is InChI=1S/C12H13BrO3/c1-4-16-12(15)11(14)10-6-9(13)5-7(2)8(10)3/h5-6H,4H2,1-3H3. The quantitative estimate of drug-likeness (QED) is 0.487. The minimum atomic E-state index is -0.803. The van der Waals surface area contributed by atoms with Crippen LogP contribution in [0.3, 0.4) is 0 Å². The molecule has 0 spiro atoms. The van der Waals surface area contributed by atoms with Gasteiger partial charge in [-0.3, -0.25) is 4.79 Å². The van der Waals surface area contributed by atoms with Crippen LogP contribution in [0.15, 0.2) is 16.6 Å². The van der Waals surface area contributed by atoms with Crippen LogP contribution in [0.1, 0.15) is 28.4 Å². The maximum absolute atomic E-state index is 11.8. The van der Waals surface area contributed by atoms with E-state index in [2.05, 4.69) is 20.7 Å². The fourth-order valence-corrected chi connectivity index (χ4v) is 1.93. The minimum Gasteiger partial charge on any atom is -0.460 e. The molecule has 0 fully saturated rings. The zero-order valence-electron chi connectivity index (χ0n) is 9.46. The molecule has 0 aromatic heterocycles. The third-order valence-electron chi connectivity index (χ3n) is 2.34. The van der Waals surface area contributed by atoms with Crippen LogP contribution < -0.4 is 0 Å². The number of esters is 1. The van der Waals surface area contributed by atoms with Crippen molar-refractivity contribution < 1.29 is 14.3 Å². The SMILES string of the molecule is CCOC(=O)C(=O)c1cc(Br)cc(C)c1C. The summed E-state index contributed by atoms with van der Waals surface area (Å²) in [6, 6.07) is 3.54. The molecule has 1 aromatic carbocycles. The average molecular weight is 285 g/mol. The molecule has 3 nitrogen and oxygen atoms in total. The highest BCUT2D eigenvalue weighted by Crippen LogP contribution is 2.21. The molecule has 0 N–H and O–H groups in total. The Balaban J connectivity index is 3.13. The molecule has 16 heavy (non-hydrogen) atoms. The van der Waals surface area contributed by atoms with Crippen molar-refractivity contribution in [2.24, 2.45) is 0 Å². The number of ketones is 1. The summed E-state index contributed by atoms with van der Waals surface area (Å²) in [5.74, 6) is -1.40. The number of benzene rings is 1. The second-order valence-electron chi connectivity index (χ2n) is 3.44. The number of carbonyl (C=O) groups is 2. The van der Waals surface area contributed by atoms with Gasteiger partial charge in [-0.2, -0.15) is 0 Å². The summed E-state index contributed by atoms with van der Waals surface area (Å²) in [6.07, 6.45) is 0. The molecule has 0 radical (unpaired) electrons. The molecule has 1 aromatic rings. The fourth-order valence-electron chi connectivity index (χ4n) is 1.36.